The summed E-state index contributed by atoms with van der Waals surface area (Å²) in [7, 11) is 0. The second-order valence-electron chi connectivity index (χ2n) is 2.94. The van der Waals surface area contributed by atoms with Gasteiger partial charge in [0.2, 0.25) is 0 Å². The standard InChI is InChI=1S/C6H12N6/c7-6-8-9-10-12(6)11-4-2-1-3-5-11/h1-5H2,(H2,7,8,10). The molecule has 1 aromatic heterocycles. The molecule has 0 amide bonds. The lowest BCUT2D eigenvalue weighted by Crippen LogP contribution is -2.40. The van der Waals surface area contributed by atoms with Crippen LogP contribution in [0.15, 0.2) is 0 Å². The summed E-state index contributed by atoms with van der Waals surface area (Å²) in [6.45, 7) is 1.99. The average molecular weight is 168 g/mol. The molecule has 0 atom stereocenters. The zero-order chi connectivity index (χ0) is 8.39. The van der Waals surface area contributed by atoms with Crippen molar-refractivity contribution in [1.82, 2.24) is 20.3 Å². The van der Waals surface area contributed by atoms with Crippen molar-refractivity contribution >= 4 is 5.95 Å². The zero-order valence-electron chi connectivity index (χ0n) is 6.85. The third-order valence-electron chi connectivity index (χ3n) is 2.08. The van der Waals surface area contributed by atoms with Crippen molar-refractivity contribution in [1.29, 1.82) is 0 Å². The minimum absolute atomic E-state index is 0.372. The highest BCUT2D eigenvalue weighted by molar-refractivity contribution is 5.13. The van der Waals surface area contributed by atoms with Crippen molar-refractivity contribution in [2.75, 3.05) is 23.8 Å². The summed E-state index contributed by atoms with van der Waals surface area (Å²) in [5, 5.41) is 13.0. The number of piperidine rings is 1. The fraction of sp³-hybridized carbons (Fsp3) is 0.833. The lowest BCUT2D eigenvalue weighted by molar-refractivity contribution is 0.445. The normalized spacial score (nSPS) is 18.2. The number of rotatable bonds is 1. The number of hydrogen-bond acceptors (Lipinski definition) is 5. The molecule has 0 radical (unpaired) electrons. The van der Waals surface area contributed by atoms with Gasteiger partial charge in [-0.25, -0.2) is 0 Å². The summed E-state index contributed by atoms with van der Waals surface area (Å²) in [5.41, 5.74) is 5.56. The van der Waals surface area contributed by atoms with Crippen LogP contribution in [0.25, 0.3) is 0 Å². The van der Waals surface area contributed by atoms with E-state index in [1.165, 1.54) is 19.3 Å². The van der Waals surface area contributed by atoms with Gasteiger partial charge in [-0.1, -0.05) is 5.10 Å². The first-order valence-corrected chi connectivity index (χ1v) is 4.17. The molecule has 0 bridgehead atoms. The van der Waals surface area contributed by atoms with Crippen LogP contribution < -0.4 is 10.7 Å². The first-order valence-electron chi connectivity index (χ1n) is 4.17. The Morgan fingerprint density at radius 2 is 1.92 bits per heavy atom. The third-order valence-corrected chi connectivity index (χ3v) is 2.08. The number of tetrazole rings is 1. The number of nitrogen functional groups attached to an aromatic ring is 1. The predicted octanol–water partition coefficient (Wildman–Crippen LogP) is -0.623. The Kier molecular flexibility index (Phi) is 1.81. The molecular weight excluding hydrogens is 156 g/mol. The van der Waals surface area contributed by atoms with E-state index in [0.29, 0.717) is 5.95 Å². The smallest absolute Gasteiger partial charge is 0.260 e. The highest BCUT2D eigenvalue weighted by Gasteiger charge is 2.13. The van der Waals surface area contributed by atoms with Gasteiger partial charge in [0.05, 0.1) is 0 Å². The van der Waals surface area contributed by atoms with Crippen molar-refractivity contribution in [3.63, 3.8) is 0 Å². The topological polar surface area (TPSA) is 72.9 Å². The molecule has 0 saturated carbocycles. The van der Waals surface area contributed by atoms with Crippen LogP contribution in [0.4, 0.5) is 5.95 Å². The third kappa shape index (κ3) is 1.19. The van der Waals surface area contributed by atoms with Gasteiger partial charge in [0.1, 0.15) is 0 Å². The van der Waals surface area contributed by atoms with Crippen LogP contribution in [0, 0.1) is 0 Å². The van der Waals surface area contributed by atoms with Crippen molar-refractivity contribution < 1.29 is 0 Å². The fourth-order valence-electron chi connectivity index (χ4n) is 1.46. The summed E-state index contributed by atoms with van der Waals surface area (Å²) in [6, 6.07) is 0. The Labute approximate surface area is 70.3 Å². The van der Waals surface area contributed by atoms with Crippen molar-refractivity contribution in [2.45, 2.75) is 19.3 Å². The van der Waals surface area contributed by atoms with Gasteiger partial charge in [0.15, 0.2) is 0 Å². The van der Waals surface area contributed by atoms with Crippen LogP contribution in [0.2, 0.25) is 0 Å². The number of aromatic nitrogens is 4. The van der Waals surface area contributed by atoms with Crippen molar-refractivity contribution in [3.8, 4) is 0 Å². The van der Waals surface area contributed by atoms with Crippen LogP contribution in [0.3, 0.4) is 0 Å². The first-order chi connectivity index (χ1) is 5.88. The number of nitrogens with zero attached hydrogens (tertiary/aromatic N) is 5. The Morgan fingerprint density at radius 1 is 1.17 bits per heavy atom. The van der Waals surface area contributed by atoms with Gasteiger partial charge in [-0.05, 0) is 29.7 Å². The molecule has 1 aromatic rings. The molecule has 2 rings (SSSR count). The quantitative estimate of drug-likeness (QED) is 0.604. The molecule has 2 N–H and O–H groups in total. The minimum Gasteiger partial charge on any atom is -0.365 e. The van der Waals surface area contributed by atoms with E-state index in [1.807, 2.05) is 0 Å². The fourth-order valence-corrected chi connectivity index (χ4v) is 1.46. The maximum Gasteiger partial charge on any atom is 0.260 e. The largest absolute Gasteiger partial charge is 0.365 e. The summed E-state index contributed by atoms with van der Waals surface area (Å²) in [6.07, 6.45) is 3.68. The van der Waals surface area contributed by atoms with Gasteiger partial charge in [0.25, 0.3) is 5.95 Å². The average Bonchev–Trinajstić information content (AvgIpc) is 2.53. The number of hydrogen-bond donors (Lipinski definition) is 1. The molecule has 0 aromatic carbocycles. The summed E-state index contributed by atoms with van der Waals surface area (Å²) in [5.74, 6) is 0.372. The highest BCUT2D eigenvalue weighted by atomic mass is 15.8. The van der Waals surface area contributed by atoms with Gasteiger partial charge in [-0.15, -0.1) is 4.79 Å². The zero-order valence-corrected chi connectivity index (χ0v) is 6.85. The Balaban J connectivity index is 2.13. The second-order valence-corrected chi connectivity index (χ2v) is 2.94. The Bertz CT molecular complexity index is 250. The van der Waals surface area contributed by atoms with E-state index < -0.39 is 0 Å². The van der Waals surface area contributed by atoms with E-state index in [0.717, 1.165) is 13.1 Å². The number of anilines is 1. The van der Waals surface area contributed by atoms with Crippen molar-refractivity contribution in [3.05, 3.63) is 0 Å². The molecule has 12 heavy (non-hydrogen) atoms. The molecule has 1 fully saturated rings. The van der Waals surface area contributed by atoms with Gasteiger partial charge in [-0.2, -0.15) is 0 Å². The van der Waals surface area contributed by atoms with Gasteiger partial charge < -0.3 is 5.73 Å². The Hall–Kier alpha value is -1.33. The molecule has 1 saturated heterocycles. The molecule has 0 spiro atoms. The highest BCUT2D eigenvalue weighted by Crippen LogP contribution is 2.08. The lowest BCUT2D eigenvalue weighted by atomic mass is 10.2. The number of nitrogens with two attached hydrogens (primary N) is 1. The molecule has 0 unspecified atom stereocenters. The SMILES string of the molecule is Nc1nnnn1N1CCCCC1. The second kappa shape index (κ2) is 2.96. The summed E-state index contributed by atoms with van der Waals surface area (Å²) >= 11 is 0. The van der Waals surface area contributed by atoms with Crippen LogP contribution in [-0.2, 0) is 0 Å². The first kappa shape index (κ1) is 7.33. The lowest BCUT2D eigenvalue weighted by Gasteiger charge is -2.27. The summed E-state index contributed by atoms with van der Waals surface area (Å²) < 4.78 is 0. The van der Waals surface area contributed by atoms with E-state index in [1.54, 1.807) is 4.79 Å². The molecule has 66 valence electrons. The molecule has 1 aliphatic rings. The van der Waals surface area contributed by atoms with Crippen LogP contribution in [-0.4, -0.2) is 33.4 Å². The maximum atomic E-state index is 5.56. The van der Waals surface area contributed by atoms with E-state index in [2.05, 4.69) is 20.5 Å². The summed E-state index contributed by atoms with van der Waals surface area (Å²) in [4.78, 5) is 1.58. The molecule has 6 nitrogen and oxygen atoms in total. The van der Waals surface area contributed by atoms with Crippen LogP contribution >= 0.6 is 0 Å². The predicted molar refractivity (Wildman–Crippen MR) is 44.0 cm³/mol. The molecule has 0 aliphatic carbocycles. The Morgan fingerprint density at radius 3 is 2.50 bits per heavy atom. The van der Waals surface area contributed by atoms with Gasteiger partial charge >= 0.3 is 0 Å². The van der Waals surface area contributed by atoms with Gasteiger partial charge in [-0.3, -0.25) is 5.01 Å². The van der Waals surface area contributed by atoms with E-state index in [9.17, 15) is 0 Å². The van der Waals surface area contributed by atoms with Crippen molar-refractivity contribution in [2.24, 2.45) is 0 Å². The molecule has 1 aliphatic heterocycles. The van der Waals surface area contributed by atoms with Crippen LogP contribution in [0.5, 0.6) is 0 Å². The van der Waals surface area contributed by atoms with E-state index in [4.69, 9.17) is 5.73 Å². The van der Waals surface area contributed by atoms with E-state index >= 15 is 0 Å². The van der Waals surface area contributed by atoms with Crippen LogP contribution in [0.1, 0.15) is 19.3 Å². The molecular formula is C6H12N6. The molecule has 6 heteroatoms. The molecule has 2 heterocycles. The maximum absolute atomic E-state index is 5.56. The minimum atomic E-state index is 0.372. The van der Waals surface area contributed by atoms with Gasteiger partial charge in [0, 0.05) is 13.1 Å². The monoisotopic (exact) mass is 168 g/mol. The van der Waals surface area contributed by atoms with E-state index in [-0.39, 0.29) is 0 Å².